The molecule has 1 aliphatic rings. The molecule has 0 N–H and O–H groups in total. The molecule has 0 unspecified atom stereocenters. The van der Waals surface area contributed by atoms with Gasteiger partial charge in [0, 0.05) is 29.2 Å². The van der Waals surface area contributed by atoms with E-state index in [4.69, 9.17) is 21.1 Å². The highest BCUT2D eigenvalue weighted by atomic mass is 35.5. The molecule has 0 saturated carbocycles. The van der Waals surface area contributed by atoms with Crippen LogP contribution in [0.5, 0.6) is 5.75 Å². The average molecular weight is 388 g/mol. The van der Waals surface area contributed by atoms with E-state index in [1.807, 2.05) is 0 Å². The number of carbonyl (C=O) groups excluding carboxylic acids is 2. The molecule has 1 aliphatic heterocycles. The van der Waals surface area contributed by atoms with E-state index in [9.17, 15) is 9.59 Å². The number of benzene rings is 2. The zero-order chi connectivity index (χ0) is 19.4. The van der Waals surface area contributed by atoms with Gasteiger partial charge >= 0.3 is 0 Å². The molecule has 5 nitrogen and oxygen atoms in total. The molecule has 1 heterocycles. The Hall–Kier alpha value is -2.37. The molecule has 1 fully saturated rings. The van der Waals surface area contributed by atoms with Crippen LogP contribution >= 0.6 is 11.6 Å². The minimum atomic E-state index is -1.04. The Morgan fingerprint density at radius 3 is 2.37 bits per heavy atom. The zero-order valence-electron chi connectivity index (χ0n) is 15.4. The Morgan fingerprint density at radius 1 is 1.04 bits per heavy atom. The molecular formula is C21H22ClNO4. The quantitative estimate of drug-likeness (QED) is 0.736. The summed E-state index contributed by atoms with van der Waals surface area (Å²) in [5, 5.41) is 0.576. The molecular weight excluding hydrogens is 366 g/mol. The van der Waals surface area contributed by atoms with Crippen LogP contribution < -0.4 is 4.74 Å². The van der Waals surface area contributed by atoms with Gasteiger partial charge in [-0.05, 0) is 50.2 Å². The van der Waals surface area contributed by atoms with Crippen molar-refractivity contribution in [2.75, 3.05) is 26.3 Å². The monoisotopic (exact) mass is 387 g/mol. The van der Waals surface area contributed by atoms with E-state index in [0.29, 0.717) is 48.2 Å². The second kappa shape index (κ2) is 8.11. The van der Waals surface area contributed by atoms with Crippen LogP contribution in [0.1, 0.15) is 29.8 Å². The van der Waals surface area contributed by atoms with Gasteiger partial charge in [0.25, 0.3) is 5.91 Å². The SMILES string of the molecule is CC(C)(Oc1cccc(C(=O)c2ccc(Cl)cc2)c1)C(=O)N1CCOCC1. The second-order valence-electron chi connectivity index (χ2n) is 6.88. The molecule has 0 radical (unpaired) electrons. The normalized spacial score (nSPS) is 14.7. The molecule has 3 rings (SSSR count). The van der Waals surface area contributed by atoms with Crippen LogP contribution in [0.25, 0.3) is 0 Å². The summed E-state index contributed by atoms with van der Waals surface area (Å²) in [5.74, 6) is 0.246. The van der Waals surface area contributed by atoms with Crippen LogP contribution in [0, 0.1) is 0 Å². The Kier molecular flexibility index (Phi) is 5.82. The van der Waals surface area contributed by atoms with Gasteiger partial charge in [0.15, 0.2) is 11.4 Å². The third-order valence-corrected chi connectivity index (χ3v) is 4.64. The first-order chi connectivity index (χ1) is 12.9. The third-order valence-electron chi connectivity index (χ3n) is 4.39. The van der Waals surface area contributed by atoms with Gasteiger partial charge in [-0.15, -0.1) is 0 Å². The Labute approximate surface area is 163 Å². The first-order valence-corrected chi connectivity index (χ1v) is 9.21. The van der Waals surface area contributed by atoms with E-state index in [1.54, 1.807) is 67.3 Å². The molecule has 142 valence electrons. The van der Waals surface area contributed by atoms with Crippen molar-refractivity contribution in [1.29, 1.82) is 0 Å². The summed E-state index contributed by atoms with van der Waals surface area (Å²) in [5.41, 5.74) is -0.0103. The van der Waals surface area contributed by atoms with Crippen molar-refractivity contribution in [3.8, 4) is 5.75 Å². The average Bonchev–Trinajstić information content (AvgIpc) is 2.68. The summed E-state index contributed by atoms with van der Waals surface area (Å²) in [6, 6.07) is 13.6. The van der Waals surface area contributed by atoms with Crippen LogP contribution in [0.2, 0.25) is 5.02 Å². The van der Waals surface area contributed by atoms with Crippen LogP contribution in [0.15, 0.2) is 48.5 Å². The highest BCUT2D eigenvalue weighted by Gasteiger charge is 2.35. The minimum Gasteiger partial charge on any atom is -0.478 e. The van der Waals surface area contributed by atoms with Gasteiger partial charge in [-0.25, -0.2) is 0 Å². The molecule has 0 atom stereocenters. The van der Waals surface area contributed by atoms with Crippen molar-refractivity contribution in [3.63, 3.8) is 0 Å². The lowest BCUT2D eigenvalue weighted by Crippen LogP contribution is -2.52. The van der Waals surface area contributed by atoms with Crippen LogP contribution in [-0.2, 0) is 9.53 Å². The molecule has 2 aromatic rings. The van der Waals surface area contributed by atoms with Crippen LogP contribution in [0.3, 0.4) is 0 Å². The molecule has 6 heteroatoms. The van der Waals surface area contributed by atoms with Crippen molar-refractivity contribution < 1.29 is 19.1 Å². The second-order valence-corrected chi connectivity index (χ2v) is 7.32. The Balaban J connectivity index is 1.75. The number of carbonyl (C=O) groups is 2. The fourth-order valence-electron chi connectivity index (χ4n) is 2.95. The maximum atomic E-state index is 12.8. The third kappa shape index (κ3) is 4.67. The lowest BCUT2D eigenvalue weighted by atomic mass is 10.0. The lowest BCUT2D eigenvalue weighted by Gasteiger charge is -2.34. The molecule has 0 aromatic heterocycles. The maximum Gasteiger partial charge on any atom is 0.266 e. The lowest BCUT2D eigenvalue weighted by molar-refractivity contribution is -0.149. The molecule has 0 aliphatic carbocycles. The van der Waals surface area contributed by atoms with Crippen molar-refractivity contribution in [3.05, 3.63) is 64.7 Å². The first kappa shape index (κ1) is 19.4. The van der Waals surface area contributed by atoms with Crippen LogP contribution in [-0.4, -0.2) is 48.5 Å². The molecule has 0 spiro atoms. The summed E-state index contributed by atoms with van der Waals surface area (Å²) in [4.78, 5) is 27.2. The smallest absolute Gasteiger partial charge is 0.266 e. The summed E-state index contributed by atoms with van der Waals surface area (Å²) < 4.78 is 11.2. The van der Waals surface area contributed by atoms with Crippen molar-refractivity contribution in [2.45, 2.75) is 19.4 Å². The number of nitrogens with zero attached hydrogens (tertiary/aromatic N) is 1. The number of hydrogen-bond donors (Lipinski definition) is 0. The number of rotatable bonds is 5. The van der Waals surface area contributed by atoms with Crippen molar-refractivity contribution in [1.82, 2.24) is 4.90 Å². The fraction of sp³-hybridized carbons (Fsp3) is 0.333. The highest BCUT2D eigenvalue weighted by molar-refractivity contribution is 6.30. The number of morpholine rings is 1. The van der Waals surface area contributed by atoms with Crippen LogP contribution in [0.4, 0.5) is 0 Å². The van der Waals surface area contributed by atoms with Gasteiger partial charge in [-0.1, -0.05) is 23.7 Å². The van der Waals surface area contributed by atoms with E-state index in [1.165, 1.54) is 0 Å². The molecule has 2 aromatic carbocycles. The molecule has 27 heavy (non-hydrogen) atoms. The highest BCUT2D eigenvalue weighted by Crippen LogP contribution is 2.23. The number of halogens is 1. The zero-order valence-corrected chi connectivity index (χ0v) is 16.2. The van der Waals surface area contributed by atoms with E-state index < -0.39 is 5.60 Å². The first-order valence-electron chi connectivity index (χ1n) is 8.83. The predicted molar refractivity (Wildman–Crippen MR) is 103 cm³/mol. The number of amides is 1. The largest absolute Gasteiger partial charge is 0.478 e. The van der Waals surface area contributed by atoms with E-state index in [0.717, 1.165) is 0 Å². The Bertz CT molecular complexity index is 826. The topological polar surface area (TPSA) is 55.8 Å². The molecule has 0 bridgehead atoms. The van der Waals surface area contributed by atoms with Gasteiger partial charge in [-0.2, -0.15) is 0 Å². The number of hydrogen-bond acceptors (Lipinski definition) is 4. The van der Waals surface area contributed by atoms with E-state index in [-0.39, 0.29) is 11.7 Å². The predicted octanol–water partition coefficient (Wildman–Crippen LogP) is 3.59. The summed E-state index contributed by atoms with van der Waals surface area (Å²) in [7, 11) is 0. The minimum absolute atomic E-state index is 0.0970. The molecule has 1 saturated heterocycles. The van der Waals surface area contributed by atoms with Gasteiger partial charge in [-0.3, -0.25) is 9.59 Å². The van der Waals surface area contributed by atoms with Crippen molar-refractivity contribution >= 4 is 23.3 Å². The fourth-order valence-corrected chi connectivity index (χ4v) is 3.08. The summed E-state index contributed by atoms with van der Waals surface area (Å²) in [6.45, 7) is 5.65. The molecule has 1 amide bonds. The van der Waals surface area contributed by atoms with E-state index >= 15 is 0 Å². The summed E-state index contributed by atoms with van der Waals surface area (Å²) in [6.07, 6.45) is 0. The van der Waals surface area contributed by atoms with Gasteiger partial charge in [0.05, 0.1) is 13.2 Å². The number of ether oxygens (including phenoxy) is 2. The number of ketones is 1. The van der Waals surface area contributed by atoms with Gasteiger partial charge < -0.3 is 14.4 Å². The standard InChI is InChI=1S/C21H22ClNO4/c1-21(2,20(25)23-10-12-26-13-11-23)27-18-5-3-4-16(14-18)19(24)15-6-8-17(22)9-7-15/h3-9,14H,10-13H2,1-2H3. The van der Waals surface area contributed by atoms with E-state index in [2.05, 4.69) is 0 Å². The van der Waals surface area contributed by atoms with Crippen molar-refractivity contribution in [2.24, 2.45) is 0 Å². The summed E-state index contributed by atoms with van der Waals surface area (Å²) >= 11 is 5.88. The maximum absolute atomic E-state index is 12.8. The Morgan fingerprint density at radius 2 is 1.70 bits per heavy atom. The van der Waals surface area contributed by atoms with Gasteiger partial charge in [0.2, 0.25) is 0 Å². The van der Waals surface area contributed by atoms with Gasteiger partial charge in [0.1, 0.15) is 5.75 Å².